The number of nitrogens with two attached hydrogens (primary N) is 1. The van der Waals surface area contributed by atoms with Gasteiger partial charge in [0.05, 0.1) is 7.11 Å². The van der Waals surface area contributed by atoms with Crippen LogP contribution in [0.5, 0.6) is 5.75 Å². The minimum atomic E-state index is -3.99. The first-order valence-electron chi connectivity index (χ1n) is 8.90. The molecule has 1 heterocycles. The second-order valence-electron chi connectivity index (χ2n) is 7.64. The van der Waals surface area contributed by atoms with Gasteiger partial charge in [-0.25, -0.2) is 18.4 Å². The average Bonchev–Trinajstić information content (AvgIpc) is 2.59. The molecule has 0 aromatic heterocycles. The van der Waals surface area contributed by atoms with E-state index in [-0.39, 0.29) is 28.6 Å². The third-order valence-corrected chi connectivity index (χ3v) is 5.19. The summed E-state index contributed by atoms with van der Waals surface area (Å²) in [6, 6.07) is 4.24. The van der Waals surface area contributed by atoms with E-state index in [4.69, 9.17) is 14.6 Å². The Morgan fingerprint density at radius 1 is 1.21 bits per heavy atom. The lowest BCUT2D eigenvalue weighted by Crippen LogP contribution is -2.43. The maximum absolute atomic E-state index is 12.5. The van der Waals surface area contributed by atoms with Crippen LogP contribution in [-0.4, -0.2) is 51.1 Å². The third-order valence-electron chi connectivity index (χ3n) is 4.26. The summed E-state index contributed by atoms with van der Waals surface area (Å²) in [4.78, 5) is 26.0. The van der Waals surface area contributed by atoms with Crippen LogP contribution in [0.25, 0.3) is 0 Å². The number of amides is 2. The molecule has 0 spiro atoms. The zero-order valence-electron chi connectivity index (χ0n) is 16.5. The van der Waals surface area contributed by atoms with Crippen molar-refractivity contribution < 1.29 is 27.5 Å². The van der Waals surface area contributed by atoms with Gasteiger partial charge in [-0.2, -0.15) is 0 Å². The number of nitrogens with one attached hydrogen (secondary N) is 1. The second kappa shape index (κ2) is 8.36. The fourth-order valence-corrected chi connectivity index (χ4v) is 3.59. The van der Waals surface area contributed by atoms with Gasteiger partial charge in [0.2, 0.25) is 15.9 Å². The number of sulfonamides is 1. The van der Waals surface area contributed by atoms with Crippen molar-refractivity contribution >= 4 is 27.7 Å². The van der Waals surface area contributed by atoms with Crippen LogP contribution in [0.15, 0.2) is 23.1 Å². The highest BCUT2D eigenvalue weighted by Gasteiger charge is 2.30. The molecule has 10 heteroatoms. The SMILES string of the molecule is COc1ccc(NC(=O)C2CCN(C(=O)OC(C)(C)C)CC2)cc1S(N)(=O)=O. The summed E-state index contributed by atoms with van der Waals surface area (Å²) in [6.07, 6.45) is 0.589. The number of nitrogens with zero attached hydrogens (tertiary/aromatic N) is 1. The van der Waals surface area contributed by atoms with Crippen molar-refractivity contribution in [1.82, 2.24) is 4.90 Å². The number of hydrogen-bond acceptors (Lipinski definition) is 6. The van der Waals surface area contributed by atoms with E-state index in [1.807, 2.05) is 0 Å². The lowest BCUT2D eigenvalue weighted by Gasteiger charge is -2.32. The number of hydrogen-bond donors (Lipinski definition) is 2. The number of carbonyl (C=O) groups excluding carboxylic acids is 2. The highest BCUT2D eigenvalue weighted by Crippen LogP contribution is 2.27. The van der Waals surface area contributed by atoms with Crippen LogP contribution in [-0.2, 0) is 19.6 Å². The number of methoxy groups -OCH3 is 1. The molecule has 0 atom stereocenters. The van der Waals surface area contributed by atoms with Gasteiger partial charge in [-0.15, -0.1) is 0 Å². The van der Waals surface area contributed by atoms with Crippen molar-refractivity contribution in [1.29, 1.82) is 0 Å². The molecule has 2 amide bonds. The predicted molar refractivity (Wildman–Crippen MR) is 104 cm³/mol. The van der Waals surface area contributed by atoms with Gasteiger partial charge in [-0.05, 0) is 51.8 Å². The summed E-state index contributed by atoms with van der Waals surface area (Å²) < 4.78 is 33.7. The van der Waals surface area contributed by atoms with Crippen LogP contribution in [0.4, 0.5) is 10.5 Å². The minimum absolute atomic E-state index is 0.103. The van der Waals surface area contributed by atoms with Gasteiger partial charge in [0.1, 0.15) is 16.2 Å². The number of rotatable bonds is 4. The van der Waals surface area contributed by atoms with E-state index in [2.05, 4.69) is 5.32 Å². The first kappa shape index (κ1) is 22.0. The van der Waals surface area contributed by atoms with E-state index in [0.29, 0.717) is 31.6 Å². The van der Waals surface area contributed by atoms with Gasteiger partial charge in [0, 0.05) is 24.7 Å². The van der Waals surface area contributed by atoms with Gasteiger partial charge in [-0.3, -0.25) is 4.79 Å². The Kier molecular flexibility index (Phi) is 6.56. The van der Waals surface area contributed by atoms with Crippen LogP contribution in [0.3, 0.4) is 0 Å². The van der Waals surface area contributed by atoms with E-state index in [0.717, 1.165) is 0 Å². The number of ether oxygens (including phenoxy) is 2. The molecule has 1 aromatic rings. The largest absolute Gasteiger partial charge is 0.495 e. The van der Waals surface area contributed by atoms with Crippen LogP contribution in [0.2, 0.25) is 0 Å². The predicted octanol–water partition coefficient (Wildman–Crippen LogP) is 1.93. The van der Waals surface area contributed by atoms with Gasteiger partial charge in [0.25, 0.3) is 0 Å². The van der Waals surface area contributed by atoms with Crippen LogP contribution in [0.1, 0.15) is 33.6 Å². The van der Waals surface area contributed by atoms with E-state index in [1.54, 1.807) is 31.7 Å². The molecule has 1 aliphatic heterocycles. The zero-order valence-corrected chi connectivity index (χ0v) is 17.3. The van der Waals surface area contributed by atoms with Gasteiger partial charge in [0.15, 0.2) is 0 Å². The molecular formula is C18H27N3O6S. The number of primary sulfonamides is 1. The van der Waals surface area contributed by atoms with Crippen LogP contribution in [0, 0.1) is 5.92 Å². The van der Waals surface area contributed by atoms with Crippen molar-refractivity contribution in [3.8, 4) is 5.75 Å². The van der Waals surface area contributed by atoms with Gasteiger partial charge in [-0.1, -0.05) is 0 Å². The lowest BCUT2D eigenvalue weighted by atomic mass is 9.96. The monoisotopic (exact) mass is 413 g/mol. The molecule has 3 N–H and O–H groups in total. The van der Waals surface area contributed by atoms with E-state index >= 15 is 0 Å². The fourth-order valence-electron chi connectivity index (χ4n) is 2.87. The van der Waals surface area contributed by atoms with Crippen LogP contribution < -0.4 is 15.2 Å². The van der Waals surface area contributed by atoms with Crippen molar-refractivity contribution in [2.24, 2.45) is 11.1 Å². The van der Waals surface area contributed by atoms with Gasteiger partial charge >= 0.3 is 6.09 Å². The molecule has 1 saturated heterocycles. The van der Waals surface area contributed by atoms with Crippen molar-refractivity contribution in [2.45, 2.75) is 44.1 Å². The van der Waals surface area contributed by atoms with Crippen molar-refractivity contribution in [3.05, 3.63) is 18.2 Å². The van der Waals surface area contributed by atoms with E-state index < -0.39 is 15.6 Å². The Labute approximate surface area is 165 Å². The summed E-state index contributed by atoms with van der Waals surface area (Å²) in [6.45, 7) is 6.23. The quantitative estimate of drug-likeness (QED) is 0.776. The molecule has 1 aliphatic rings. The number of likely N-dealkylation sites (tertiary alicyclic amines) is 1. The fraction of sp³-hybridized carbons (Fsp3) is 0.556. The maximum Gasteiger partial charge on any atom is 0.410 e. The molecule has 28 heavy (non-hydrogen) atoms. The summed E-state index contributed by atoms with van der Waals surface area (Å²) in [5.74, 6) is -0.431. The second-order valence-corrected chi connectivity index (χ2v) is 9.17. The molecule has 1 fully saturated rings. The first-order valence-corrected chi connectivity index (χ1v) is 10.4. The Morgan fingerprint density at radius 3 is 2.32 bits per heavy atom. The van der Waals surface area contributed by atoms with E-state index in [9.17, 15) is 18.0 Å². The zero-order chi connectivity index (χ0) is 21.1. The molecule has 156 valence electrons. The summed E-state index contributed by atoms with van der Waals surface area (Å²) in [5, 5.41) is 7.90. The van der Waals surface area contributed by atoms with E-state index in [1.165, 1.54) is 19.2 Å². The highest BCUT2D eigenvalue weighted by atomic mass is 32.2. The number of anilines is 1. The van der Waals surface area contributed by atoms with Crippen molar-refractivity contribution in [3.63, 3.8) is 0 Å². The van der Waals surface area contributed by atoms with Gasteiger partial charge < -0.3 is 19.7 Å². The summed E-state index contributed by atoms with van der Waals surface area (Å²) >= 11 is 0. The molecule has 2 rings (SSSR count). The molecule has 1 aromatic carbocycles. The highest BCUT2D eigenvalue weighted by molar-refractivity contribution is 7.89. The maximum atomic E-state index is 12.5. The molecule has 9 nitrogen and oxygen atoms in total. The Bertz CT molecular complexity index is 839. The lowest BCUT2D eigenvalue weighted by molar-refractivity contribution is -0.121. The minimum Gasteiger partial charge on any atom is -0.495 e. The normalized spacial score (nSPS) is 15.8. The standard InChI is InChI=1S/C18H27N3O6S/c1-18(2,3)27-17(23)21-9-7-12(8-10-21)16(22)20-13-5-6-14(26-4)15(11-13)28(19,24)25/h5-6,11-12H,7-10H2,1-4H3,(H,20,22)(H2,19,24,25). The molecular weight excluding hydrogens is 386 g/mol. The molecule has 0 saturated carbocycles. The Balaban J connectivity index is 1.99. The smallest absolute Gasteiger partial charge is 0.410 e. The Hall–Kier alpha value is -2.33. The number of piperidine rings is 1. The average molecular weight is 413 g/mol. The molecule has 0 bridgehead atoms. The number of benzene rings is 1. The van der Waals surface area contributed by atoms with Crippen LogP contribution >= 0.6 is 0 Å². The topological polar surface area (TPSA) is 128 Å². The first-order chi connectivity index (χ1) is 12.9. The summed E-state index contributed by atoms with van der Waals surface area (Å²) in [7, 11) is -2.66. The van der Waals surface area contributed by atoms with Crippen molar-refractivity contribution in [2.75, 3.05) is 25.5 Å². The summed E-state index contributed by atoms with van der Waals surface area (Å²) in [5.41, 5.74) is -0.259. The third kappa shape index (κ3) is 5.83. The molecule has 0 radical (unpaired) electrons. The Morgan fingerprint density at radius 2 is 1.82 bits per heavy atom. The molecule has 0 aliphatic carbocycles. The number of carbonyl (C=O) groups is 2. The molecule has 0 unspecified atom stereocenters.